The van der Waals surface area contributed by atoms with E-state index in [1.54, 1.807) is 0 Å². The Kier molecular flexibility index (Phi) is 5.50. The number of hydrogen-bond donors (Lipinski definition) is 0. The highest BCUT2D eigenvalue weighted by Crippen LogP contribution is 2.28. The van der Waals surface area contributed by atoms with Gasteiger partial charge in [0.1, 0.15) is 0 Å². The minimum Gasteiger partial charge on any atom is -0.0628 e. The second-order valence-electron chi connectivity index (χ2n) is 4.97. The van der Waals surface area contributed by atoms with Crippen LogP contribution in [0.2, 0.25) is 0 Å². The van der Waals surface area contributed by atoms with Crippen LogP contribution in [0.5, 0.6) is 0 Å². The van der Waals surface area contributed by atoms with Crippen LogP contribution in [0, 0.1) is 11.8 Å². The zero-order valence-corrected chi connectivity index (χ0v) is 9.44. The molecule has 0 heterocycles. The van der Waals surface area contributed by atoms with Crippen LogP contribution in [0.15, 0.2) is 0 Å². The molecule has 0 heteroatoms. The average Bonchev–Trinajstić information content (AvgIpc) is 2.17. The molecule has 0 bridgehead atoms. The van der Waals surface area contributed by atoms with Crippen molar-refractivity contribution in [2.75, 3.05) is 0 Å². The molecule has 0 nitrogen and oxygen atoms in total. The van der Waals surface area contributed by atoms with E-state index in [0.717, 1.165) is 5.92 Å². The van der Waals surface area contributed by atoms with Crippen LogP contribution in [0.4, 0.5) is 0 Å². The molecule has 0 saturated heterocycles. The molecule has 0 aromatic carbocycles. The SMILES string of the molecule is CC(C)C[C]1CCCCCCCC1. The van der Waals surface area contributed by atoms with Gasteiger partial charge < -0.3 is 0 Å². The van der Waals surface area contributed by atoms with Crippen LogP contribution in [-0.2, 0) is 0 Å². The van der Waals surface area contributed by atoms with Gasteiger partial charge in [0.05, 0.1) is 0 Å². The van der Waals surface area contributed by atoms with E-state index in [9.17, 15) is 0 Å². The molecule has 0 amide bonds. The summed E-state index contributed by atoms with van der Waals surface area (Å²) < 4.78 is 0. The second-order valence-corrected chi connectivity index (χ2v) is 4.97. The van der Waals surface area contributed by atoms with E-state index in [1.807, 2.05) is 5.92 Å². The highest BCUT2D eigenvalue weighted by atomic mass is 14.2. The van der Waals surface area contributed by atoms with Gasteiger partial charge in [0.2, 0.25) is 0 Å². The molecule has 1 saturated carbocycles. The average molecular weight is 181 g/mol. The Bertz CT molecular complexity index is 105. The molecule has 0 spiro atoms. The fourth-order valence-corrected chi connectivity index (χ4v) is 2.36. The van der Waals surface area contributed by atoms with Crippen molar-refractivity contribution in [3.63, 3.8) is 0 Å². The summed E-state index contributed by atoms with van der Waals surface area (Å²) in [6, 6.07) is 0. The topological polar surface area (TPSA) is 0 Å². The lowest BCUT2D eigenvalue weighted by molar-refractivity contribution is 0.520. The normalized spacial score (nSPS) is 22.4. The largest absolute Gasteiger partial charge is 0.0628 e. The Balaban J connectivity index is 2.24. The molecule has 0 aliphatic heterocycles. The van der Waals surface area contributed by atoms with E-state index in [4.69, 9.17) is 0 Å². The predicted octanol–water partition coefficient (Wildman–Crippen LogP) is 4.74. The Hall–Kier alpha value is 0. The summed E-state index contributed by atoms with van der Waals surface area (Å²) in [6.07, 6.45) is 13.1. The van der Waals surface area contributed by atoms with E-state index in [2.05, 4.69) is 13.8 Å². The summed E-state index contributed by atoms with van der Waals surface area (Å²) >= 11 is 0. The van der Waals surface area contributed by atoms with E-state index < -0.39 is 0 Å². The number of hydrogen-bond acceptors (Lipinski definition) is 0. The van der Waals surface area contributed by atoms with Crippen LogP contribution in [0.3, 0.4) is 0 Å². The van der Waals surface area contributed by atoms with Gasteiger partial charge in [0.15, 0.2) is 0 Å². The van der Waals surface area contributed by atoms with Gasteiger partial charge in [-0.25, -0.2) is 0 Å². The molecular weight excluding hydrogens is 156 g/mol. The van der Waals surface area contributed by atoms with Crippen molar-refractivity contribution in [3.05, 3.63) is 5.92 Å². The monoisotopic (exact) mass is 181 g/mol. The minimum atomic E-state index is 0.871. The summed E-state index contributed by atoms with van der Waals surface area (Å²) in [7, 11) is 0. The molecule has 1 aliphatic rings. The van der Waals surface area contributed by atoms with Crippen molar-refractivity contribution in [1.82, 2.24) is 0 Å². The lowest BCUT2D eigenvalue weighted by Gasteiger charge is -2.17. The fourth-order valence-electron chi connectivity index (χ4n) is 2.36. The number of rotatable bonds is 2. The lowest BCUT2D eigenvalue weighted by Crippen LogP contribution is -2.02. The Labute approximate surface area is 84.1 Å². The van der Waals surface area contributed by atoms with Crippen molar-refractivity contribution >= 4 is 0 Å². The van der Waals surface area contributed by atoms with Crippen molar-refractivity contribution in [2.45, 2.75) is 71.6 Å². The van der Waals surface area contributed by atoms with Crippen molar-refractivity contribution in [2.24, 2.45) is 5.92 Å². The molecule has 0 aromatic heterocycles. The molecule has 77 valence electrons. The quantitative estimate of drug-likeness (QED) is 0.577. The Morgan fingerprint density at radius 2 is 1.31 bits per heavy atom. The van der Waals surface area contributed by atoms with E-state index in [1.165, 1.54) is 57.8 Å². The standard InChI is InChI=1S/C13H25/c1-12(2)11-13-9-7-5-3-4-6-8-10-13/h12H,3-11H2,1-2H3. The van der Waals surface area contributed by atoms with Crippen LogP contribution in [0.1, 0.15) is 71.6 Å². The van der Waals surface area contributed by atoms with Crippen LogP contribution in [0.25, 0.3) is 0 Å². The first-order valence-corrected chi connectivity index (χ1v) is 6.12. The zero-order chi connectivity index (χ0) is 9.52. The first kappa shape index (κ1) is 11.1. The van der Waals surface area contributed by atoms with Gasteiger partial charge in [-0.3, -0.25) is 0 Å². The summed E-state index contributed by atoms with van der Waals surface area (Å²) in [5.41, 5.74) is 0. The lowest BCUT2D eigenvalue weighted by atomic mass is 9.89. The summed E-state index contributed by atoms with van der Waals surface area (Å²) in [5.74, 6) is 2.73. The third-order valence-electron chi connectivity index (χ3n) is 3.01. The predicted molar refractivity (Wildman–Crippen MR) is 59.6 cm³/mol. The molecule has 0 unspecified atom stereocenters. The van der Waals surface area contributed by atoms with E-state index in [0.29, 0.717) is 0 Å². The Morgan fingerprint density at radius 1 is 0.846 bits per heavy atom. The Morgan fingerprint density at radius 3 is 1.77 bits per heavy atom. The van der Waals surface area contributed by atoms with Crippen LogP contribution >= 0.6 is 0 Å². The van der Waals surface area contributed by atoms with Crippen LogP contribution < -0.4 is 0 Å². The van der Waals surface area contributed by atoms with E-state index in [-0.39, 0.29) is 0 Å². The van der Waals surface area contributed by atoms with Crippen molar-refractivity contribution in [1.29, 1.82) is 0 Å². The molecule has 0 N–H and O–H groups in total. The van der Waals surface area contributed by atoms with E-state index >= 15 is 0 Å². The minimum absolute atomic E-state index is 0.871. The third kappa shape index (κ3) is 5.33. The maximum atomic E-state index is 2.35. The van der Waals surface area contributed by atoms with Crippen molar-refractivity contribution in [3.8, 4) is 0 Å². The third-order valence-corrected chi connectivity index (χ3v) is 3.01. The fraction of sp³-hybridized carbons (Fsp3) is 0.923. The molecule has 1 radical (unpaired) electrons. The molecule has 0 atom stereocenters. The molecule has 0 aromatic rings. The summed E-state index contributed by atoms with van der Waals surface area (Å²) in [4.78, 5) is 0. The summed E-state index contributed by atoms with van der Waals surface area (Å²) in [6.45, 7) is 4.69. The van der Waals surface area contributed by atoms with Gasteiger partial charge in [0, 0.05) is 0 Å². The molecule has 1 aliphatic carbocycles. The second kappa shape index (κ2) is 6.45. The van der Waals surface area contributed by atoms with Gasteiger partial charge in [-0.1, -0.05) is 52.4 Å². The maximum Gasteiger partial charge on any atom is -0.0238 e. The first-order valence-electron chi connectivity index (χ1n) is 6.12. The van der Waals surface area contributed by atoms with Gasteiger partial charge >= 0.3 is 0 Å². The van der Waals surface area contributed by atoms with Gasteiger partial charge in [-0.2, -0.15) is 0 Å². The van der Waals surface area contributed by atoms with Crippen molar-refractivity contribution < 1.29 is 0 Å². The maximum absolute atomic E-state index is 2.35. The first-order chi connectivity index (χ1) is 6.29. The van der Waals surface area contributed by atoms with Gasteiger partial charge in [0.25, 0.3) is 0 Å². The smallest absolute Gasteiger partial charge is 0.0238 e. The molecule has 13 heavy (non-hydrogen) atoms. The van der Waals surface area contributed by atoms with Crippen LogP contribution in [-0.4, -0.2) is 0 Å². The summed E-state index contributed by atoms with van der Waals surface area (Å²) in [5, 5.41) is 0. The highest BCUT2D eigenvalue weighted by Gasteiger charge is 2.12. The zero-order valence-electron chi connectivity index (χ0n) is 9.44. The molecule has 1 fully saturated rings. The van der Waals surface area contributed by atoms with Gasteiger partial charge in [-0.05, 0) is 31.1 Å². The molecular formula is C13H25. The highest BCUT2D eigenvalue weighted by molar-refractivity contribution is 4.90. The molecule has 1 rings (SSSR count). The van der Waals surface area contributed by atoms with Gasteiger partial charge in [-0.15, -0.1) is 0 Å².